The molecule has 2 atom stereocenters. The first-order valence-corrected chi connectivity index (χ1v) is 7.37. The van der Waals surface area contributed by atoms with Gasteiger partial charge in [-0.2, -0.15) is 0 Å². The van der Waals surface area contributed by atoms with E-state index in [9.17, 15) is 5.11 Å². The monoisotopic (exact) mass is 262 g/mol. The average molecular weight is 262 g/mol. The van der Waals surface area contributed by atoms with Crippen molar-refractivity contribution in [2.75, 3.05) is 26.2 Å². The van der Waals surface area contributed by atoms with Crippen LogP contribution in [-0.2, 0) is 5.54 Å². The molecule has 2 N–H and O–H groups in total. The minimum atomic E-state index is -0.339. The summed E-state index contributed by atoms with van der Waals surface area (Å²) in [7, 11) is 0. The van der Waals surface area contributed by atoms with Gasteiger partial charge in [0.05, 0.1) is 12.1 Å². The molecule has 0 aliphatic carbocycles. The maximum Gasteiger partial charge on any atom is 0.0797 e. The number of hydrogen-bond acceptors (Lipinski definition) is 3. The maximum absolute atomic E-state index is 10.0. The zero-order chi connectivity index (χ0) is 13.7. The van der Waals surface area contributed by atoms with Crippen molar-refractivity contribution in [1.29, 1.82) is 0 Å². The van der Waals surface area contributed by atoms with Crippen LogP contribution in [0.2, 0.25) is 0 Å². The van der Waals surface area contributed by atoms with E-state index in [1.54, 1.807) is 0 Å². The Morgan fingerprint density at radius 2 is 2.11 bits per heavy atom. The first-order chi connectivity index (χ1) is 9.22. The number of hydrogen-bond donors (Lipinski definition) is 2. The molecule has 1 saturated heterocycles. The zero-order valence-corrected chi connectivity index (χ0v) is 12.1. The number of likely N-dealkylation sites (tertiary alicyclic amines) is 1. The van der Waals surface area contributed by atoms with E-state index in [1.807, 2.05) is 18.2 Å². The lowest BCUT2D eigenvalue weighted by molar-refractivity contribution is 0.105. The van der Waals surface area contributed by atoms with Gasteiger partial charge in [0.2, 0.25) is 0 Å². The summed E-state index contributed by atoms with van der Waals surface area (Å²) in [4.78, 5) is 2.49. The van der Waals surface area contributed by atoms with Gasteiger partial charge >= 0.3 is 0 Å². The third-order valence-corrected chi connectivity index (χ3v) is 4.28. The summed E-state index contributed by atoms with van der Waals surface area (Å²) >= 11 is 0. The summed E-state index contributed by atoms with van der Waals surface area (Å²) < 4.78 is 0. The molecule has 0 amide bonds. The molecule has 106 valence electrons. The maximum atomic E-state index is 10.0. The van der Waals surface area contributed by atoms with Crippen LogP contribution in [0, 0.1) is 0 Å². The molecule has 1 aliphatic heterocycles. The molecule has 2 rings (SSSR count). The largest absolute Gasteiger partial charge is 0.394 e. The molecular formula is C16H26N2O. The highest BCUT2D eigenvalue weighted by atomic mass is 16.3. The third-order valence-electron chi connectivity index (χ3n) is 4.28. The number of rotatable bonds is 6. The van der Waals surface area contributed by atoms with Crippen molar-refractivity contribution in [2.24, 2.45) is 0 Å². The van der Waals surface area contributed by atoms with Crippen molar-refractivity contribution in [3.63, 3.8) is 0 Å². The standard InChI is InChI=1S/C16H26N2O/c1-3-17-16(13-19,15-9-5-4-6-10-15)12-18-11-7-8-14(18)2/h4-6,9-10,14,17,19H,3,7-8,11-13H2,1-2H3. The summed E-state index contributed by atoms with van der Waals surface area (Å²) in [6.07, 6.45) is 2.53. The van der Waals surface area contributed by atoms with Gasteiger partial charge < -0.3 is 10.4 Å². The van der Waals surface area contributed by atoms with Crippen LogP contribution < -0.4 is 5.32 Å². The van der Waals surface area contributed by atoms with Gasteiger partial charge in [-0.15, -0.1) is 0 Å². The predicted molar refractivity (Wildman–Crippen MR) is 79.2 cm³/mol. The Balaban J connectivity index is 2.23. The van der Waals surface area contributed by atoms with Crippen molar-refractivity contribution in [2.45, 2.75) is 38.3 Å². The second kappa shape index (κ2) is 6.51. The summed E-state index contributed by atoms with van der Waals surface area (Å²) in [5, 5.41) is 13.5. The third kappa shape index (κ3) is 3.16. The van der Waals surface area contributed by atoms with Gasteiger partial charge in [0.1, 0.15) is 0 Å². The van der Waals surface area contributed by atoms with Gasteiger partial charge in [0.15, 0.2) is 0 Å². The van der Waals surface area contributed by atoms with Crippen molar-refractivity contribution in [3.8, 4) is 0 Å². The SMILES string of the molecule is CCNC(CO)(CN1CCCC1C)c1ccccc1. The lowest BCUT2D eigenvalue weighted by Gasteiger charge is -2.38. The van der Waals surface area contributed by atoms with Crippen LogP contribution in [0.3, 0.4) is 0 Å². The highest BCUT2D eigenvalue weighted by Crippen LogP contribution is 2.26. The average Bonchev–Trinajstić information content (AvgIpc) is 2.84. The number of nitrogens with one attached hydrogen (secondary N) is 1. The second-order valence-corrected chi connectivity index (χ2v) is 5.60. The van der Waals surface area contributed by atoms with Crippen molar-refractivity contribution in [3.05, 3.63) is 35.9 Å². The van der Waals surface area contributed by atoms with Crippen molar-refractivity contribution in [1.82, 2.24) is 10.2 Å². The van der Waals surface area contributed by atoms with Gasteiger partial charge in [0, 0.05) is 12.6 Å². The second-order valence-electron chi connectivity index (χ2n) is 5.60. The molecular weight excluding hydrogens is 236 g/mol. The number of aliphatic hydroxyl groups is 1. The van der Waals surface area contributed by atoms with E-state index in [0.29, 0.717) is 6.04 Å². The molecule has 2 unspecified atom stereocenters. The Morgan fingerprint density at radius 1 is 1.37 bits per heavy atom. The fraction of sp³-hybridized carbons (Fsp3) is 0.625. The Hall–Kier alpha value is -0.900. The van der Waals surface area contributed by atoms with E-state index >= 15 is 0 Å². The van der Waals surface area contributed by atoms with Crippen LogP contribution in [0.4, 0.5) is 0 Å². The van der Waals surface area contributed by atoms with Crippen LogP contribution in [0.15, 0.2) is 30.3 Å². The van der Waals surface area contributed by atoms with E-state index in [4.69, 9.17) is 0 Å². The van der Waals surface area contributed by atoms with E-state index in [-0.39, 0.29) is 12.1 Å². The molecule has 0 spiro atoms. The van der Waals surface area contributed by atoms with Gasteiger partial charge in [-0.25, -0.2) is 0 Å². The van der Waals surface area contributed by atoms with Crippen LogP contribution in [-0.4, -0.2) is 42.3 Å². The molecule has 19 heavy (non-hydrogen) atoms. The minimum absolute atomic E-state index is 0.133. The molecule has 0 bridgehead atoms. The van der Waals surface area contributed by atoms with Crippen molar-refractivity contribution >= 4 is 0 Å². The molecule has 0 radical (unpaired) electrons. The molecule has 3 nitrogen and oxygen atoms in total. The van der Waals surface area contributed by atoms with Gasteiger partial charge in [-0.1, -0.05) is 37.3 Å². The summed E-state index contributed by atoms with van der Waals surface area (Å²) in [5.74, 6) is 0. The highest BCUT2D eigenvalue weighted by molar-refractivity contribution is 5.25. The lowest BCUT2D eigenvalue weighted by atomic mass is 9.89. The van der Waals surface area contributed by atoms with Gasteiger partial charge in [0.25, 0.3) is 0 Å². The molecule has 0 saturated carbocycles. The Kier molecular flexibility index (Phi) is 4.97. The quantitative estimate of drug-likeness (QED) is 0.823. The van der Waals surface area contributed by atoms with E-state index in [0.717, 1.165) is 19.6 Å². The molecule has 1 heterocycles. The first-order valence-electron chi connectivity index (χ1n) is 7.37. The van der Waals surface area contributed by atoms with Crippen LogP contribution >= 0.6 is 0 Å². The highest BCUT2D eigenvalue weighted by Gasteiger charge is 2.35. The smallest absolute Gasteiger partial charge is 0.0797 e. The van der Waals surface area contributed by atoms with Crippen molar-refractivity contribution < 1.29 is 5.11 Å². The van der Waals surface area contributed by atoms with Gasteiger partial charge in [-0.05, 0) is 38.4 Å². The Bertz CT molecular complexity index is 382. The van der Waals surface area contributed by atoms with E-state index in [2.05, 4.69) is 36.2 Å². The number of benzene rings is 1. The fourth-order valence-corrected chi connectivity index (χ4v) is 3.12. The fourth-order valence-electron chi connectivity index (χ4n) is 3.12. The van der Waals surface area contributed by atoms with Crippen LogP contribution in [0.1, 0.15) is 32.3 Å². The number of likely N-dealkylation sites (N-methyl/N-ethyl adjacent to an activating group) is 1. The van der Waals surface area contributed by atoms with E-state index in [1.165, 1.54) is 18.4 Å². The normalized spacial score (nSPS) is 23.4. The summed E-state index contributed by atoms with van der Waals surface area (Å²) in [6, 6.07) is 11.0. The Labute approximate surface area is 116 Å². The molecule has 1 aliphatic rings. The molecule has 1 aromatic rings. The lowest BCUT2D eigenvalue weighted by Crippen LogP contribution is -2.54. The zero-order valence-electron chi connectivity index (χ0n) is 12.1. The Morgan fingerprint density at radius 3 is 2.63 bits per heavy atom. The predicted octanol–water partition coefficient (Wildman–Crippen LogP) is 1.97. The van der Waals surface area contributed by atoms with Crippen LogP contribution in [0.25, 0.3) is 0 Å². The molecule has 1 aromatic carbocycles. The summed E-state index contributed by atoms with van der Waals surface area (Å²) in [5.41, 5.74) is 0.840. The number of nitrogens with zero attached hydrogens (tertiary/aromatic N) is 1. The molecule has 3 heteroatoms. The molecule has 1 fully saturated rings. The van der Waals surface area contributed by atoms with E-state index < -0.39 is 0 Å². The first kappa shape index (κ1) is 14.5. The topological polar surface area (TPSA) is 35.5 Å². The summed E-state index contributed by atoms with van der Waals surface area (Å²) in [6.45, 7) is 7.39. The molecule has 0 aromatic heterocycles. The van der Waals surface area contributed by atoms with Gasteiger partial charge in [-0.3, -0.25) is 4.90 Å². The number of aliphatic hydroxyl groups excluding tert-OH is 1. The van der Waals surface area contributed by atoms with Crippen LogP contribution in [0.5, 0.6) is 0 Å². The minimum Gasteiger partial charge on any atom is -0.394 e.